The third kappa shape index (κ3) is 3.94. The molecule has 1 N–H and O–H groups in total. The van der Waals surface area contributed by atoms with Crippen LogP contribution in [0.25, 0.3) is 0 Å². The van der Waals surface area contributed by atoms with E-state index in [4.69, 9.17) is 11.6 Å². The molecule has 0 aromatic heterocycles. The number of fused-ring (bicyclic) bond motifs is 5. The maximum absolute atomic E-state index is 9.57. The Morgan fingerprint density at radius 3 is 2.38 bits per heavy atom. The maximum Gasteiger partial charge on any atom is 0.130 e. The summed E-state index contributed by atoms with van der Waals surface area (Å²) in [5.41, 5.74) is 0.589. The van der Waals surface area contributed by atoms with E-state index in [1.807, 2.05) is 0 Å². The summed E-state index contributed by atoms with van der Waals surface area (Å²) in [6.07, 6.45) is 18.7. The van der Waals surface area contributed by atoms with Gasteiger partial charge in [-0.05, 0) is 110 Å². The van der Waals surface area contributed by atoms with E-state index >= 15 is 0 Å². The Balaban J connectivity index is 1.41. The van der Waals surface area contributed by atoms with E-state index in [0.29, 0.717) is 10.8 Å². The van der Waals surface area contributed by atoms with Gasteiger partial charge in [-0.3, -0.25) is 0 Å². The summed E-state index contributed by atoms with van der Waals surface area (Å²) >= 11 is 5.86. The normalized spacial score (nSPS) is 47.6. The fourth-order valence-electron chi connectivity index (χ4n) is 9.37. The molecule has 0 bridgehead atoms. The molecule has 0 aliphatic heterocycles. The monoisotopic (exact) mass is 422 g/mol. The van der Waals surface area contributed by atoms with E-state index in [0.717, 1.165) is 41.9 Å². The van der Waals surface area contributed by atoms with Gasteiger partial charge in [-0.1, -0.05) is 65.0 Å². The average Bonchev–Trinajstić information content (AvgIpc) is 3.04. The molecule has 0 aromatic rings. The molecule has 0 saturated heterocycles. The summed E-state index contributed by atoms with van der Waals surface area (Å²) in [4.78, 5) is 0. The molecule has 0 amide bonds. The zero-order valence-electron chi connectivity index (χ0n) is 19.6. The maximum atomic E-state index is 9.57. The van der Waals surface area contributed by atoms with E-state index < -0.39 is 5.56 Å². The first-order valence-corrected chi connectivity index (χ1v) is 13.5. The van der Waals surface area contributed by atoms with Crippen LogP contribution in [0.2, 0.25) is 0 Å². The molecule has 4 saturated carbocycles. The lowest BCUT2D eigenvalue weighted by Gasteiger charge is -2.61. The van der Waals surface area contributed by atoms with Crippen molar-refractivity contribution < 1.29 is 5.11 Å². The first kappa shape index (κ1) is 22.4. The molecule has 4 aliphatic rings. The van der Waals surface area contributed by atoms with Gasteiger partial charge in [0.05, 0.1) is 0 Å². The Morgan fingerprint density at radius 2 is 1.62 bits per heavy atom. The van der Waals surface area contributed by atoms with Crippen molar-refractivity contribution >= 4 is 11.6 Å². The van der Waals surface area contributed by atoms with E-state index in [1.54, 1.807) is 0 Å². The standard InChI is InChI=1S/C27H47ClO/c1-18(8-7-9-19(2)25(28)29)22-13-14-23-21-12-11-20-10-5-6-16-26(20,3)24(21)15-17-27(22,23)4/h18-25,29H,5-17H2,1-4H3/t18-,19?,20?,21+,22-,23+,24+,25?,26+,27-/m1/s1. The van der Waals surface area contributed by atoms with Crippen LogP contribution in [-0.4, -0.2) is 10.7 Å². The number of hydrogen-bond donors (Lipinski definition) is 1. The van der Waals surface area contributed by atoms with Crippen molar-refractivity contribution in [3.8, 4) is 0 Å². The Kier molecular flexibility index (Phi) is 6.69. The van der Waals surface area contributed by atoms with Crippen molar-refractivity contribution in [3.63, 3.8) is 0 Å². The molecule has 0 radical (unpaired) electrons. The van der Waals surface area contributed by atoms with Gasteiger partial charge in [0.1, 0.15) is 5.56 Å². The highest BCUT2D eigenvalue weighted by Gasteiger charge is 2.59. The van der Waals surface area contributed by atoms with Crippen molar-refractivity contribution in [2.24, 2.45) is 52.3 Å². The fraction of sp³-hybridized carbons (Fsp3) is 1.00. The van der Waals surface area contributed by atoms with Gasteiger partial charge in [-0.25, -0.2) is 0 Å². The van der Waals surface area contributed by atoms with Gasteiger partial charge in [-0.2, -0.15) is 0 Å². The summed E-state index contributed by atoms with van der Waals surface area (Å²) in [7, 11) is 0. The fourth-order valence-corrected chi connectivity index (χ4v) is 9.50. The molecule has 29 heavy (non-hydrogen) atoms. The number of aliphatic hydroxyl groups is 1. The third-order valence-electron chi connectivity index (χ3n) is 11.1. The van der Waals surface area contributed by atoms with Crippen molar-refractivity contribution in [1.29, 1.82) is 0 Å². The third-order valence-corrected chi connectivity index (χ3v) is 11.6. The SMILES string of the molecule is CC(CCC[C@@H](C)[C@H]1CC[C@H]2[C@@H]3CCC4CCCC[C@]4(C)[C@H]3CC[C@]12C)C(O)Cl. The van der Waals surface area contributed by atoms with Gasteiger partial charge < -0.3 is 5.11 Å². The zero-order chi connectivity index (χ0) is 20.8. The second kappa shape index (κ2) is 8.65. The lowest BCUT2D eigenvalue weighted by atomic mass is 9.44. The van der Waals surface area contributed by atoms with Gasteiger partial charge in [0.2, 0.25) is 0 Å². The number of rotatable bonds is 6. The van der Waals surface area contributed by atoms with Crippen LogP contribution < -0.4 is 0 Å². The number of alkyl halides is 1. The molecule has 2 heteroatoms. The van der Waals surface area contributed by atoms with Crippen LogP contribution >= 0.6 is 11.6 Å². The molecule has 0 spiro atoms. The largest absolute Gasteiger partial charge is 0.377 e. The molecule has 0 heterocycles. The van der Waals surface area contributed by atoms with Crippen LogP contribution in [0.4, 0.5) is 0 Å². The Hall–Kier alpha value is 0.250. The van der Waals surface area contributed by atoms with Crippen LogP contribution in [0.15, 0.2) is 0 Å². The van der Waals surface area contributed by atoms with Crippen LogP contribution in [0.1, 0.15) is 111 Å². The van der Waals surface area contributed by atoms with Crippen molar-refractivity contribution in [1.82, 2.24) is 0 Å². The lowest BCUT2D eigenvalue weighted by Crippen LogP contribution is -2.53. The van der Waals surface area contributed by atoms with Gasteiger partial charge in [-0.15, -0.1) is 0 Å². The van der Waals surface area contributed by atoms with Crippen molar-refractivity contribution in [2.45, 2.75) is 117 Å². The highest BCUT2D eigenvalue weighted by atomic mass is 35.5. The van der Waals surface area contributed by atoms with E-state index in [2.05, 4.69) is 27.7 Å². The zero-order valence-corrected chi connectivity index (χ0v) is 20.4. The molecular weight excluding hydrogens is 376 g/mol. The summed E-state index contributed by atoms with van der Waals surface area (Å²) < 4.78 is 0. The molecule has 4 aliphatic carbocycles. The second-order valence-electron chi connectivity index (χ2n) is 12.4. The van der Waals surface area contributed by atoms with Gasteiger partial charge >= 0.3 is 0 Å². The highest BCUT2D eigenvalue weighted by Crippen LogP contribution is 2.68. The molecule has 3 unspecified atom stereocenters. The Morgan fingerprint density at radius 1 is 0.862 bits per heavy atom. The minimum absolute atomic E-state index is 0.220. The smallest absolute Gasteiger partial charge is 0.130 e. The number of aliphatic hydroxyl groups excluding tert-OH is 1. The molecule has 10 atom stereocenters. The Labute approximate surface area is 185 Å². The summed E-state index contributed by atoms with van der Waals surface area (Å²) in [5.74, 6) is 6.05. The minimum atomic E-state index is -0.676. The van der Waals surface area contributed by atoms with Gasteiger partial charge in [0, 0.05) is 0 Å². The number of hydrogen-bond acceptors (Lipinski definition) is 1. The van der Waals surface area contributed by atoms with Gasteiger partial charge in [0.25, 0.3) is 0 Å². The van der Waals surface area contributed by atoms with Crippen LogP contribution in [0.3, 0.4) is 0 Å². The lowest BCUT2D eigenvalue weighted by molar-refractivity contribution is -0.114. The van der Waals surface area contributed by atoms with E-state index in [9.17, 15) is 5.11 Å². The summed E-state index contributed by atoms with van der Waals surface area (Å²) in [6, 6.07) is 0. The Bertz CT molecular complexity index is 561. The minimum Gasteiger partial charge on any atom is -0.377 e. The molecule has 4 fully saturated rings. The number of halogens is 1. The van der Waals surface area contributed by atoms with E-state index in [1.165, 1.54) is 77.0 Å². The van der Waals surface area contributed by atoms with Gasteiger partial charge in [0.15, 0.2) is 0 Å². The highest BCUT2D eigenvalue weighted by molar-refractivity contribution is 6.19. The average molecular weight is 423 g/mol. The first-order valence-electron chi connectivity index (χ1n) is 13.1. The summed E-state index contributed by atoms with van der Waals surface area (Å²) in [6.45, 7) is 10.0. The quantitative estimate of drug-likeness (QED) is 0.429. The van der Waals surface area contributed by atoms with E-state index in [-0.39, 0.29) is 5.92 Å². The van der Waals surface area contributed by atoms with Crippen LogP contribution in [0.5, 0.6) is 0 Å². The molecular formula is C27H47ClO. The topological polar surface area (TPSA) is 20.2 Å². The second-order valence-corrected chi connectivity index (χ2v) is 12.8. The van der Waals surface area contributed by atoms with Crippen LogP contribution in [-0.2, 0) is 0 Å². The van der Waals surface area contributed by atoms with Crippen molar-refractivity contribution in [3.05, 3.63) is 0 Å². The van der Waals surface area contributed by atoms with Crippen LogP contribution in [0, 0.1) is 52.3 Å². The molecule has 4 rings (SSSR count). The molecule has 1 nitrogen and oxygen atoms in total. The summed E-state index contributed by atoms with van der Waals surface area (Å²) in [5, 5.41) is 9.57. The predicted octanol–water partition coefficient (Wildman–Crippen LogP) is 8.04. The van der Waals surface area contributed by atoms with Crippen molar-refractivity contribution in [2.75, 3.05) is 0 Å². The molecule has 0 aromatic carbocycles. The first-order chi connectivity index (χ1) is 13.8. The predicted molar refractivity (Wildman–Crippen MR) is 124 cm³/mol. The molecule has 168 valence electrons.